The Hall–Kier alpha value is -2.77. The fourth-order valence-electron chi connectivity index (χ4n) is 4.19. The lowest BCUT2D eigenvalue weighted by atomic mass is 9.94. The van der Waals surface area contributed by atoms with Gasteiger partial charge in [0.2, 0.25) is 0 Å². The first-order valence-electron chi connectivity index (χ1n) is 11.1. The van der Waals surface area contributed by atoms with Gasteiger partial charge in [0, 0.05) is 12.3 Å². The molecule has 0 unspecified atom stereocenters. The second-order valence-electron chi connectivity index (χ2n) is 9.27. The summed E-state index contributed by atoms with van der Waals surface area (Å²) in [6.45, 7) is 6.40. The SMILES string of the molecule is CC(C)(C)OC(=O)CCCc1nc2ccc(Cl)nc2n([C@@H]2COC[C@H]2c2ccccc2)c1=O. The summed E-state index contributed by atoms with van der Waals surface area (Å²) in [4.78, 5) is 34.7. The van der Waals surface area contributed by atoms with E-state index in [0.29, 0.717) is 48.1 Å². The maximum atomic E-state index is 13.6. The van der Waals surface area contributed by atoms with Crippen LogP contribution in [0.15, 0.2) is 47.3 Å². The summed E-state index contributed by atoms with van der Waals surface area (Å²) in [7, 11) is 0. The summed E-state index contributed by atoms with van der Waals surface area (Å²) in [6.07, 6.45) is 1.04. The quantitative estimate of drug-likeness (QED) is 0.391. The van der Waals surface area contributed by atoms with E-state index in [-0.39, 0.29) is 29.9 Å². The van der Waals surface area contributed by atoms with Crippen LogP contribution in [0.2, 0.25) is 5.15 Å². The third kappa shape index (κ3) is 5.42. The van der Waals surface area contributed by atoms with E-state index in [1.165, 1.54) is 0 Å². The zero-order valence-electron chi connectivity index (χ0n) is 19.1. The summed E-state index contributed by atoms with van der Waals surface area (Å²) in [5.41, 5.74) is 1.77. The van der Waals surface area contributed by atoms with Gasteiger partial charge in [0.25, 0.3) is 5.56 Å². The number of rotatable bonds is 6. The number of carbonyl (C=O) groups is 1. The van der Waals surface area contributed by atoms with Gasteiger partial charge in [-0.05, 0) is 51.3 Å². The van der Waals surface area contributed by atoms with Crippen LogP contribution in [-0.4, -0.2) is 39.3 Å². The van der Waals surface area contributed by atoms with Gasteiger partial charge in [-0.2, -0.15) is 0 Å². The monoisotopic (exact) mass is 469 g/mol. The Labute approximate surface area is 197 Å². The summed E-state index contributed by atoms with van der Waals surface area (Å²) in [5, 5.41) is 0.297. The standard InChI is InChI=1S/C25H28ClN3O4/c1-25(2,3)33-22(30)11-7-10-19-24(31)29(23-18(27-19)12-13-21(26)28-23)20-15-32-14-17(20)16-8-5-4-6-9-16/h4-6,8-9,12-13,17,20H,7,10-11,14-15H2,1-3H3/t17-,20+/m0/s1. The van der Waals surface area contributed by atoms with Crippen molar-refractivity contribution < 1.29 is 14.3 Å². The van der Waals surface area contributed by atoms with Gasteiger partial charge in [0.1, 0.15) is 22.0 Å². The molecule has 1 aromatic carbocycles. The van der Waals surface area contributed by atoms with Gasteiger partial charge in [0.05, 0.1) is 19.3 Å². The highest BCUT2D eigenvalue weighted by molar-refractivity contribution is 6.29. The molecule has 8 heteroatoms. The van der Waals surface area contributed by atoms with E-state index in [4.69, 9.17) is 21.1 Å². The van der Waals surface area contributed by atoms with Gasteiger partial charge >= 0.3 is 5.97 Å². The summed E-state index contributed by atoms with van der Waals surface area (Å²) < 4.78 is 12.9. The first kappa shape index (κ1) is 23.4. The molecule has 7 nitrogen and oxygen atoms in total. The van der Waals surface area contributed by atoms with Gasteiger partial charge in [-0.15, -0.1) is 0 Å². The Bertz CT molecular complexity index is 1200. The molecule has 2 aromatic heterocycles. The van der Waals surface area contributed by atoms with E-state index in [9.17, 15) is 9.59 Å². The number of ether oxygens (including phenoxy) is 2. The number of aromatic nitrogens is 3. The highest BCUT2D eigenvalue weighted by Crippen LogP contribution is 2.35. The maximum absolute atomic E-state index is 13.6. The van der Waals surface area contributed by atoms with Crippen LogP contribution < -0.4 is 5.56 Å². The number of hydrogen-bond donors (Lipinski definition) is 0. The average Bonchev–Trinajstić information content (AvgIpc) is 3.23. The van der Waals surface area contributed by atoms with Crippen LogP contribution >= 0.6 is 11.6 Å². The molecule has 3 aromatic rings. The fourth-order valence-corrected chi connectivity index (χ4v) is 4.33. The minimum atomic E-state index is -0.537. The minimum Gasteiger partial charge on any atom is -0.460 e. The van der Waals surface area contributed by atoms with Crippen LogP contribution in [0, 0.1) is 0 Å². The van der Waals surface area contributed by atoms with Crippen molar-refractivity contribution in [2.24, 2.45) is 0 Å². The van der Waals surface area contributed by atoms with Crippen molar-refractivity contribution in [3.8, 4) is 0 Å². The van der Waals surface area contributed by atoms with Crippen molar-refractivity contribution >= 4 is 28.7 Å². The van der Waals surface area contributed by atoms with E-state index in [1.54, 1.807) is 16.7 Å². The summed E-state index contributed by atoms with van der Waals surface area (Å²) in [5.74, 6) is -0.282. The van der Waals surface area contributed by atoms with Gasteiger partial charge in [-0.3, -0.25) is 14.2 Å². The Morgan fingerprint density at radius 1 is 1.15 bits per heavy atom. The van der Waals surface area contributed by atoms with Crippen molar-refractivity contribution in [3.05, 3.63) is 69.2 Å². The molecular formula is C25H28ClN3O4. The Kier molecular flexibility index (Phi) is 6.81. The zero-order chi connectivity index (χ0) is 23.6. The summed E-state index contributed by atoms with van der Waals surface area (Å²) >= 11 is 6.18. The van der Waals surface area contributed by atoms with Crippen molar-refractivity contribution in [1.29, 1.82) is 0 Å². The molecule has 0 amide bonds. The zero-order valence-corrected chi connectivity index (χ0v) is 19.8. The number of pyridine rings is 1. The molecule has 4 rings (SSSR count). The lowest BCUT2D eigenvalue weighted by molar-refractivity contribution is -0.154. The molecule has 3 heterocycles. The Balaban J connectivity index is 1.68. The first-order valence-corrected chi connectivity index (χ1v) is 11.5. The van der Waals surface area contributed by atoms with Gasteiger partial charge in [-0.1, -0.05) is 41.9 Å². The van der Waals surface area contributed by atoms with Gasteiger partial charge in [0.15, 0.2) is 5.65 Å². The fraction of sp³-hybridized carbons (Fsp3) is 0.440. The molecule has 0 spiro atoms. The topological polar surface area (TPSA) is 83.3 Å². The molecule has 174 valence electrons. The molecule has 1 saturated heterocycles. The lowest BCUT2D eigenvalue weighted by Crippen LogP contribution is -2.32. The minimum absolute atomic E-state index is 0.00453. The van der Waals surface area contributed by atoms with E-state index in [1.807, 2.05) is 51.1 Å². The number of nitrogens with zero attached hydrogens (tertiary/aromatic N) is 3. The third-order valence-corrected chi connectivity index (χ3v) is 5.80. The molecule has 0 aliphatic carbocycles. The number of esters is 1. The normalized spacial score (nSPS) is 18.5. The van der Waals surface area contributed by atoms with Crippen LogP contribution in [0.4, 0.5) is 0 Å². The molecule has 0 bridgehead atoms. The molecular weight excluding hydrogens is 442 g/mol. The number of halogens is 1. The smallest absolute Gasteiger partial charge is 0.306 e. The van der Waals surface area contributed by atoms with Crippen LogP contribution in [0.3, 0.4) is 0 Å². The van der Waals surface area contributed by atoms with Crippen LogP contribution in [-0.2, 0) is 20.7 Å². The average molecular weight is 470 g/mol. The van der Waals surface area contributed by atoms with E-state index in [2.05, 4.69) is 9.97 Å². The Morgan fingerprint density at radius 3 is 2.64 bits per heavy atom. The second-order valence-corrected chi connectivity index (χ2v) is 9.66. The molecule has 2 atom stereocenters. The number of hydrogen-bond acceptors (Lipinski definition) is 6. The highest BCUT2D eigenvalue weighted by Gasteiger charge is 2.34. The third-order valence-electron chi connectivity index (χ3n) is 5.59. The van der Waals surface area contributed by atoms with Crippen LogP contribution in [0.1, 0.15) is 56.8 Å². The highest BCUT2D eigenvalue weighted by atomic mass is 35.5. The van der Waals surface area contributed by atoms with E-state index < -0.39 is 5.60 Å². The number of carbonyl (C=O) groups excluding carboxylic acids is 1. The van der Waals surface area contributed by atoms with Crippen molar-refractivity contribution in [3.63, 3.8) is 0 Å². The van der Waals surface area contributed by atoms with Gasteiger partial charge < -0.3 is 9.47 Å². The van der Waals surface area contributed by atoms with Crippen molar-refractivity contribution in [2.45, 2.75) is 57.6 Å². The maximum Gasteiger partial charge on any atom is 0.306 e. The van der Waals surface area contributed by atoms with E-state index in [0.717, 1.165) is 5.56 Å². The van der Waals surface area contributed by atoms with Crippen molar-refractivity contribution in [2.75, 3.05) is 13.2 Å². The molecule has 33 heavy (non-hydrogen) atoms. The number of benzene rings is 1. The lowest BCUT2D eigenvalue weighted by Gasteiger charge is -2.22. The Morgan fingerprint density at radius 2 is 1.91 bits per heavy atom. The van der Waals surface area contributed by atoms with Crippen molar-refractivity contribution in [1.82, 2.24) is 14.5 Å². The predicted octanol–water partition coefficient (Wildman–Crippen LogP) is 4.46. The molecule has 1 aliphatic heterocycles. The molecule has 0 saturated carbocycles. The van der Waals surface area contributed by atoms with Gasteiger partial charge in [-0.25, -0.2) is 9.97 Å². The molecule has 1 fully saturated rings. The molecule has 0 N–H and O–H groups in total. The summed E-state index contributed by atoms with van der Waals surface area (Å²) in [6, 6.07) is 13.2. The first-order chi connectivity index (χ1) is 15.7. The largest absolute Gasteiger partial charge is 0.460 e. The molecule has 0 radical (unpaired) electrons. The van der Waals surface area contributed by atoms with Crippen LogP contribution in [0.5, 0.6) is 0 Å². The second kappa shape index (κ2) is 9.61. The number of fused-ring (bicyclic) bond motifs is 1. The van der Waals surface area contributed by atoms with E-state index >= 15 is 0 Å². The number of aryl methyl sites for hydroxylation is 1. The van der Waals surface area contributed by atoms with Crippen LogP contribution in [0.25, 0.3) is 11.2 Å². The molecule has 1 aliphatic rings. The predicted molar refractivity (Wildman–Crippen MR) is 127 cm³/mol.